The quantitative estimate of drug-likeness (QED) is 0.395. The molecule has 23 heavy (non-hydrogen) atoms. The van der Waals surface area contributed by atoms with Gasteiger partial charge in [0.05, 0.1) is 18.8 Å². The van der Waals surface area contributed by atoms with Gasteiger partial charge in [-0.15, -0.1) is 24.0 Å². The van der Waals surface area contributed by atoms with E-state index < -0.39 is 0 Å². The first-order valence-electron chi connectivity index (χ1n) is 7.28. The second-order valence-electron chi connectivity index (χ2n) is 5.23. The zero-order valence-corrected chi connectivity index (χ0v) is 17.9. The van der Waals surface area contributed by atoms with E-state index in [9.17, 15) is 0 Å². The van der Waals surface area contributed by atoms with Gasteiger partial charge in [0.15, 0.2) is 5.96 Å². The molecular formula is C15H24BrIN6. The van der Waals surface area contributed by atoms with Gasteiger partial charge in [0.25, 0.3) is 0 Å². The molecule has 0 aromatic carbocycles. The fourth-order valence-corrected chi connectivity index (χ4v) is 2.79. The van der Waals surface area contributed by atoms with Gasteiger partial charge in [-0.2, -0.15) is 5.10 Å². The van der Waals surface area contributed by atoms with Crippen molar-refractivity contribution in [2.75, 3.05) is 13.6 Å². The third-order valence-electron chi connectivity index (χ3n) is 3.48. The van der Waals surface area contributed by atoms with Crippen LogP contribution >= 0.6 is 39.9 Å². The number of hydrogen-bond acceptors (Lipinski definition) is 2. The van der Waals surface area contributed by atoms with Crippen LogP contribution in [-0.2, 0) is 27.2 Å². The zero-order valence-electron chi connectivity index (χ0n) is 14.0. The summed E-state index contributed by atoms with van der Waals surface area (Å²) in [4.78, 5) is 6.83. The van der Waals surface area contributed by atoms with Crippen molar-refractivity contribution in [3.05, 3.63) is 40.4 Å². The number of aromatic nitrogens is 3. The third-order valence-corrected chi connectivity index (χ3v) is 3.92. The topological polar surface area (TPSA) is 50.4 Å². The Bertz CT molecular complexity index is 648. The molecule has 0 radical (unpaired) electrons. The van der Waals surface area contributed by atoms with Gasteiger partial charge < -0.3 is 14.8 Å². The molecule has 0 saturated heterocycles. The first kappa shape index (κ1) is 20.0. The standard InChI is InChI=1S/C15H23BrN6.HI/c1-5-17-15(18-9-13-6-7-19-22(13)4)21(3)11-14-8-12(16)10-20(14)2;/h6-8,10H,5,9,11H2,1-4H3,(H,17,18);1H. The number of nitrogens with zero attached hydrogens (tertiary/aromatic N) is 5. The summed E-state index contributed by atoms with van der Waals surface area (Å²) in [7, 11) is 6.03. The Morgan fingerprint density at radius 3 is 2.65 bits per heavy atom. The van der Waals surface area contributed by atoms with E-state index in [1.54, 1.807) is 6.20 Å². The average molecular weight is 495 g/mol. The van der Waals surface area contributed by atoms with E-state index in [1.165, 1.54) is 5.69 Å². The minimum Gasteiger partial charge on any atom is -0.357 e. The van der Waals surface area contributed by atoms with Crippen molar-refractivity contribution >= 4 is 45.9 Å². The molecule has 2 heterocycles. The van der Waals surface area contributed by atoms with Gasteiger partial charge in [0, 0.05) is 50.2 Å². The molecule has 0 fully saturated rings. The molecule has 0 amide bonds. The van der Waals surface area contributed by atoms with Crippen LogP contribution in [-0.4, -0.2) is 38.8 Å². The third kappa shape index (κ3) is 5.52. The highest BCUT2D eigenvalue weighted by atomic mass is 127. The number of halogens is 2. The van der Waals surface area contributed by atoms with Crippen molar-refractivity contribution < 1.29 is 0 Å². The van der Waals surface area contributed by atoms with E-state index in [1.807, 2.05) is 31.9 Å². The van der Waals surface area contributed by atoms with Gasteiger partial charge in [-0.3, -0.25) is 4.68 Å². The van der Waals surface area contributed by atoms with Crippen LogP contribution in [0.5, 0.6) is 0 Å². The van der Waals surface area contributed by atoms with E-state index in [4.69, 9.17) is 4.99 Å². The summed E-state index contributed by atoms with van der Waals surface area (Å²) >= 11 is 3.51. The predicted molar refractivity (Wildman–Crippen MR) is 108 cm³/mol. The maximum atomic E-state index is 4.70. The highest BCUT2D eigenvalue weighted by molar-refractivity contribution is 14.0. The summed E-state index contributed by atoms with van der Waals surface area (Å²) in [6.45, 7) is 4.32. The van der Waals surface area contributed by atoms with Crippen molar-refractivity contribution in [1.29, 1.82) is 0 Å². The first-order chi connectivity index (χ1) is 10.5. The normalized spacial score (nSPS) is 11.3. The molecule has 0 bridgehead atoms. The second-order valence-corrected chi connectivity index (χ2v) is 6.15. The molecule has 0 spiro atoms. The Hall–Kier alpha value is -1.03. The van der Waals surface area contributed by atoms with Crippen LogP contribution < -0.4 is 5.32 Å². The maximum Gasteiger partial charge on any atom is 0.194 e. The second kappa shape index (κ2) is 9.31. The Labute approximate surface area is 163 Å². The molecule has 6 nitrogen and oxygen atoms in total. The monoisotopic (exact) mass is 494 g/mol. The Morgan fingerprint density at radius 2 is 2.13 bits per heavy atom. The van der Waals surface area contributed by atoms with Crippen molar-refractivity contribution in [1.82, 2.24) is 24.6 Å². The summed E-state index contributed by atoms with van der Waals surface area (Å²) in [5, 5.41) is 7.51. The lowest BCUT2D eigenvalue weighted by Crippen LogP contribution is -2.38. The summed E-state index contributed by atoms with van der Waals surface area (Å²) < 4.78 is 5.06. The van der Waals surface area contributed by atoms with Crippen LogP contribution in [0.25, 0.3) is 0 Å². The maximum absolute atomic E-state index is 4.70. The Balaban J connectivity index is 0.00000264. The molecule has 8 heteroatoms. The predicted octanol–water partition coefficient (Wildman–Crippen LogP) is 2.74. The van der Waals surface area contributed by atoms with Crippen LogP contribution in [0.1, 0.15) is 18.3 Å². The molecule has 0 unspecified atom stereocenters. The van der Waals surface area contributed by atoms with Crippen LogP contribution in [0, 0.1) is 0 Å². The van der Waals surface area contributed by atoms with Crippen LogP contribution in [0.4, 0.5) is 0 Å². The molecule has 1 N–H and O–H groups in total. The molecule has 2 aromatic heterocycles. The van der Waals surface area contributed by atoms with Crippen molar-refractivity contribution in [3.8, 4) is 0 Å². The molecule has 0 aliphatic heterocycles. The first-order valence-corrected chi connectivity index (χ1v) is 8.07. The fraction of sp³-hybridized carbons (Fsp3) is 0.467. The van der Waals surface area contributed by atoms with E-state index >= 15 is 0 Å². The van der Waals surface area contributed by atoms with Gasteiger partial charge in [-0.1, -0.05) is 0 Å². The minimum atomic E-state index is 0. The molecule has 2 aromatic rings. The van der Waals surface area contributed by atoms with Crippen LogP contribution in [0.3, 0.4) is 0 Å². The van der Waals surface area contributed by atoms with Crippen LogP contribution in [0.2, 0.25) is 0 Å². The summed E-state index contributed by atoms with van der Waals surface area (Å²) in [6.07, 6.45) is 3.85. The van der Waals surface area contributed by atoms with Gasteiger partial charge in [0.2, 0.25) is 0 Å². The number of rotatable bonds is 5. The number of aryl methyl sites for hydroxylation is 2. The number of guanidine groups is 1. The number of nitrogens with one attached hydrogen (secondary N) is 1. The van der Waals surface area contributed by atoms with E-state index in [2.05, 4.69) is 55.0 Å². The van der Waals surface area contributed by atoms with Crippen molar-refractivity contribution in [3.63, 3.8) is 0 Å². The van der Waals surface area contributed by atoms with Crippen LogP contribution in [0.15, 0.2) is 34.0 Å². The van der Waals surface area contributed by atoms with Gasteiger partial charge in [-0.05, 0) is 35.0 Å². The minimum absolute atomic E-state index is 0. The zero-order chi connectivity index (χ0) is 16.1. The lowest BCUT2D eigenvalue weighted by atomic mass is 10.4. The molecule has 128 valence electrons. The number of hydrogen-bond donors (Lipinski definition) is 1. The summed E-state index contributed by atoms with van der Waals surface area (Å²) in [5.74, 6) is 0.890. The smallest absolute Gasteiger partial charge is 0.194 e. The fourth-order valence-electron chi connectivity index (χ4n) is 2.22. The lowest BCUT2D eigenvalue weighted by Gasteiger charge is -2.22. The van der Waals surface area contributed by atoms with Gasteiger partial charge in [-0.25, -0.2) is 4.99 Å². The SMILES string of the molecule is CCNC(=NCc1ccnn1C)N(C)Cc1cc(Br)cn1C.I. The largest absolute Gasteiger partial charge is 0.357 e. The number of aliphatic imine (C=N–C) groups is 1. The average Bonchev–Trinajstić information content (AvgIpc) is 3.00. The molecule has 0 atom stereocenters. The highest BCUT2D eigenvalue weighted by Gasteiger charge is 2.10. The molecule has 0 aliphatic carbocycles. The van der Waals surface area contributed by atoms with Crippen molar-refractivity contribution in [2.45, 2.75) is 20.0 Å². The van der Waals surface area contributed by atoms with Gasteiger partial charge >= 0.3 is 0 Å². The molecule has 2 rings (SSSR count). The Morgan fingerprint density at radius 1 is 1.39 bits per heavy atom. The van der Waals surface area contributed by atoms with Crippen molar-refractivity contribution in [2.24, 2.45) is 19.1 Å². The van der Waals surface area contributed by atoms with Gasteiger partial charge in [0.1, 0.15) is 0 Å². The summed E-state index contributed by atoms with van der Waals surface area (Å²) in [5.41, 5.74) is 2.31. The van der Waals surface area contributed by atoms with E-state index in [0.29, 0.717) is 6.54 Å². The van der Waals surface area contributed by atoms with E-state index in [0.717, 1.165) is 29.2 Å². The Kier molecular flexibility index (Phi) is 8.10. The highest BCUT2D eigenvalue weighted by Crippen LogP contribution is 2.15. The molecular weight excluding hydrogens is 471 g/mol. The summed E-state index contributed by atoms with van der Waals surface area (Å²) in [6, 6.07) is 4.11. The molecule has 0 saturated carbocycles. The molecule has 0 aliphatic rings. The lowest BCUT2D eigenvalue weighted by molar-refractivity contribution is 0.461. The van der Waals surface area contributed by atoms with E-state index in [-0.39, 0.29) is 24.0 Å².